The van der Waals surface area contributed by atoms with Gasteiger partial charge in [0.25, 0.3) is 0 Å². The van der Waals surface area contributed by atoms with Crippen molar-refractivity contribution >= 4 is 57.9 Å². The topological polar surface area (TPSA) is 105 Å². The van der Waals surface area contributed by atoms with E-state index in [2.05, 4.69) is 15.0 Å². The first-order chi connectivity index (χ1) is 17.4. The maximum absolute atomic E-state index is 12.8. The second kappa shape index (κ2) is 10.4. The predicted molar refractivity (Wildman–Crippen MR) is 131 cm³/mol. The summed E-state index contributed by atoms with van der Waals surface area (Å²) in [6.07, 6.45) is 1.01. The van der Waals surface area contributed by atoms with Crippen molar-refractivity contribution in [2.75, 3.05) is 6.61 Å². The smallest absolute Gasteiger partial charge is 0.338 e. The lowest BCUT2D eigenvalue weighted by Gasteiger charge is -2.19. The van der Waals surface area contributed by atoms with Crippen LogP contribution in [0.1, 0.15) is 33.4 Å². The maximum Gasteiger partial charge on any atom is 0.338 e. The molecule has 2 aromatic carbocycles. The summed E-state index contributed by atoms with van der Waals surface area (Å²) in [7, 11) is 0. The van der Waals surface area contributed by atoms with E-state index in [0.29, 0.717) is 32.3 Å². The molecule has 3 atom stereocenters. The van der Waals surface area contributed by atoms with Crippen LogP contribution in [0.4, 0.5) is 0 Å². The Morgan fingerprint density at radius 1 is 0.917 bits per heavy atom. The summed E-state index contributed by atoms with van der Waals surface area (Å²) in [6, 6.07) is 12.6. The molecule has 9 nitrogen and oxygen atoms in total. The van der Waals surface area contributed by atoms with Crippen LogP contribution in [0.3, 0.4) is 0 Å². The molecule has 36 heavy (non-hydrogen) atoms. The van der Waals surface area contributed by atoms with E-state index in [4.69, 9.17) is 49.0 Å². The fraction of sp³-hybridized carbons (Fsp3) is 0.208. The molecule has 184 valence electrons. The van der Waals surface area contributed by atoms with Gasteiger partial charge in [-0.25, -0.2) is 24.5 Å². The third-order valence-corrected chi connectivity index (χ3v) is 6.38. The molecule has 0 bridgehead atoms. The minimum atomic E-state index is -0.753. The highest BCUT2D eigenvalue weighted by molar-refractivity contribution is 6.33. The van der Waals surface area contributed by atoms with Crippen molar-refractivity contribution in [3.05, 3.63) is 87.5 Å². The summed E-state index contributed by atoms with van der Waals surface area (Å²) in [5, 5.41) is 1.20. The van der Waals surface area contributed by atoms with Gasteiger partial charge in [0.2, 0.25) is 0 Å². The van der Waals surface area contributed by atoms with Crippen LogP contribution >= 0.6 is 34.8 Å². The highest BCUT2D eigenvalue weighted by atomic mass is 35.5. The Morgan fingerprint density at radius 2 is 1.56 bits per heavy atom. The van der Waals surface area contributed by atoms with Crippen LogP contribution in [-0.4, -0.2) is 50.3 Å². The molecule has 1 fully saturated rings. The standard InChI is InChI=1S/C24H17Cl3N4O5/c25-15-5-1-13(2-6-15)23(32)34-10-18-17(36-24(33)14-3-7-16(26)8-4-14)9-19(35-18)31-12-30-20-21(27)28-11-29-22(20)31/h1-8,11-12,17-19H,9-10H2. The molecule has 0 radical (unpaired) electrons. The van der Waals surface area contributed by atoms with E-state index in [1.165, 1.54) is 12.7 Å². The second-order valence-electron chi connectivity index (χ2n) is 7.91. The minimum Gasteiger partial charge on any atom is -0.459 e. The first kappa shape index (κ1) is 24.5. The van der Waals surface area contributed by atoms with Crippen LogP contribution in [0, 0.1) is 0 Å². The average molecular weight is 548 g/mol. The quantitative estimate of drug-likeness (QED) is 0.241. The predicted octanol–water partition coefficient (Wildman–Crippen LogP) is 5.16. The molecule has 3 unspecified atom stereocenters. The zero-order chi connectivity index (χ0) is 25.2. The van der Waals surface area contributed by atoms with Crippen LogP contribution < -0.4 is 0 Å². The Labute approximate surface area is 219 Å². The van der Waals surface area contributed by atoms with Crippen LogP contribution in [0.15, 0.2) is 61.2 Å². The summed E-state index contributed by atoms with van der Waals surface area (Å²) in [5.41, 5.74) is 1.53. The third kappa shape index (κ3) is 5.15. The van der Waals surface area contributed by atoms with Crippen molar-refractivity contribution < 1.29 is 23.8 Å². The van der Waals surface area contributed by atoms with Gasteiger partial charge in [0.05, 0.1) is 17.5 Å². The SMILES string of the molecule is O=C(OCC1OC(n2cnc3c(Cl)ncnc32)CC1OC(=O)c1ccc(Cl)cc1)c1ccc(Cl)cc1. The van der Waals surface area contributed by atoms with E-state index in [9.17, 15) is 9.59 Å². The van der Waals surface area contributed by atoms with Crippen LogP contribution in [0.25, 0.3) is 11.2 Å². The van der Waals surface area contributed by atoms with Crippen molar-refractivity contribution in [1.82, 2.24) is 19.5 Å². The van der Waals surface area contributed by atoms with E-state index < -0.39 is 30.4 Å². The number of nitrogens with zero attached hydrogens (tertiary/aromatic N) is 4. The van der Waals surface area contributed by atoms with Crippen molar-refractivity contribution in [1.29, 1.82) is 0 Å². The highest BCUT2D eigenvalue weighted by Crippen LogP contribution is 2.34. The van der Waals surface area contributed by atoms with E-state index in [-0.39, 0.29) is 18.2 Å². The van der Waals surface area contributed by atoms with Gasteiger partial charge < -0.3 is 14.2 Å². The van der Waals surface area contributed by atoms with Gasteiger partial charge in [-0.3, -0.25) is 4.57 Å². The van der Waals surface area contributed by atoms with Gasteiger partial charge in [-0.05, 0) is 48.5 Å². The Kier molecular flexibility index (Phi) is 7.06. The Bertz CT molecular complexity index is 1410. The molecule has 1 aliphatic rings. The Hall–Kier alpha value is -3.24. The molecular formula is C24H17Cl3N4O5. The normalized spacial score (nSPS) is 19.4. The van der Waals surface area contributed by atoms with E-state index >= 15 is 0 Å². The van der Waals surface area contributed by atoms with Gasteiger partial charge in [0.15, 0.2) is 10.8 Å². The van der Waals surface area contributed by atoms with Crippen molar-refractivity contribution in [3.8, 4) is 0 Å². The lowest BCUT2D eigenvalue weighted by Crippen LogP contribution is -2.32. The highest BCUT2D eigenvalue weighted by Gasteiger charge is 2.40. The fourth-order valence-electron chi connectivity index (χ4n) is 3.80. The number of aromatic nitrogens is 4. The van der Waals surface area contributed by atoms with Gasteiger partial charge in [-0.1, -0.05) is 34.8 Å². The molecule has 3 heterocycles. The van der Waals surface area contributed by atoms with E-state index in [0.717, 1.165) is 0 Å². The number of carbonyl (C=O) groups is 2. The Balaban J connectivity index is 1.36. The molecule has 0 aliphatic carbocycles. The number of rotatable bonds is 6. The number of hydrogen-bond donors (Lipinski definition) is 0. The van der Waals surface area contributed by atoms with Gasteiger partial charge in [0.1, 0.15) is 36.9 Å². The number of benzene rings is 2. The van der Waals surface area contributed by atoms with E-state index in [1.807, 2.05) is 0 Å². The molecule has 4 aromatic rings. The third-order valence-electron chi connectivity index (χ3n) is 5.60. The molecular weight excluding hydrogens is 531 g/mol. The first-order valence-electron chi connectivity index (χ1n) is 10.8. The summed E-state index contributed by atoms with van der Waals surface area (Å²) < 4.78 is 19.1. The number of imidazole rings is 1. The van der Waals surface area contributed by atoms with E-state index in [1.54, 1.807) is 53.1 Å². The zero-order valence-electron chi connectivity index (χ0n) is 18.4. The molecule has 0 N–H and O–H groups in total. The van der Waals surface area contributed by atoms with Gasteiger partial charge >= 0.3 is 11.9 Å². The number of halogens is 3. The summed E-state index contributed by atoms with van der Waals surface area (Å²) in [5.74, 6) is -1.12. The lowest BCUT2D eigenvalue weighted by molar-refractivity contribution is -0.0563. The van der Waals surface area contributed by atoms with Crippen LogP contribution in [-0.2, 0) is 14.2 Å². The van der Waals surface area contributed by atoms with Crippen LogP contribution in [0.5, 0.6) is 0 Å². The molecule has 0 amide bonds. The van der Waals surface area contributed by atoms with Crippen molar-refractivity contribution in [2.45, 2.75) is 24.9 Å². The number of ether oxygens (including phenoxy) is 3. The molecule has 0 saturated carbocycles. The molecule has 1 aliphatic heterocycles. The first-order valence-corrected chi connectivity index (χ1v) is 11.9. The van der Waals surface area contributed by atoms with Crippen molar-refractivity contribution in [3.63, 3.8) is 0 Å². The molecule has 1 saturated heterocycles. The number of esters is 2. The summed E-state index contributed by atoms with van der Waals surface area (Å²) >= 11 is 17.9. The lowest BCUT2D eigenvalue weighted by atomic mass is 10.1. The number of fused-ring (bicyclic) bond motifs is 1. The average Bonchev–Trinajstić information content (AvgIpc) is 3.48. The maximum atomic E-state index is 12.8. The molecule has 2 aromatic heterocycles. The van der Waals surface area contributed by atoms with Crippen molar-refractivity contribution in [2.24, 2.45) is 0 Å². The zero-order valence-corrected chi connectivity index (χ0v) is 20.7. The largest absolute Gasteiger partial charge is 0.459 e. The number of carbonyl (C=O) groups excluding carboxylic acids is 2. The van der Waals surface area contributed by atoms with Crippen LogP contribution in [0.2, 0.25) is 15.2 Å². The van der Waals surface area contributed by atoms with Gasteiger partial charge in [-0.15, -0.1) is 0 Å². The monoisotopic (exact) mass is 546 g/mol. The van der Waals surface area contributed by atoms with Gasteiger partial charge in [-0.2, -0.15) is 0 Å². The fourth-order valence-corrected chi connectivity index (χ4v) is 4.23. The number of hydrogen-bond acceptors (Lipinski definition) is 8. The molecule has 12 heteroatoms. The minimum absolute atomic E-state index is 0.154. The summed E-state index contributed by atoms with van der Waals surface area (Å²) in [4.78, 5) is 37.8. The summed E-state index contributed by atoms with van der Waals surface area (Å²) in [6.45, 7) is -0.154. The Morgan fingerprint density at radius 3 is 2.22 bits per heavy atom. The van der Waals surface area contributed by atoms with Gasteiger partial charge in [0, 0.05) is 16.5 Å². The second-order valence-corrected chi connectivity index (χ2v) is 9.14. The molecule has 5 rings (SSSR count). The molecule has 0 spiro atoms.